The summed E-state index contributed by atoms with van der Waals surface area (Å²) in [5, 5.41) is 0. The molecule has 0 aliphatic rings. The number of hydrogen-bond donors (Lipinski definition) is 0. The third-order valence-corrected chi connectivity index (χ3v) is 12.8. The molecule has 6 nitrogen and oxygen atoms in total. The maximum atomic E-state index is 12.9. The van der Waals surface area contributed by atoms with E-state index < -0.39 is 6.10 Å². The Morgan fingerprint density at radius 3 is 0.699 bits per heavy atom. The van der Waals surface area contributed by atoms with Crippen LogP contribution in [0.2, 0.25) is 0 Å². The Kier molecular flexibility index (Phi) is 63.5. The molecule has 0 spiro atoms. The fourth-order valence-corrected chi connectivity index (χ4v) is 8.00. The highest BCUT2D eigenvalue weighted by Crippen LogP contribution is 2.12. The molecule has 83 heavy (non-hydrogen) atoms. The van der Waals surface area contributed by atoms with Gasteiger partial charge in [-0.1, -0.05) is 259 Å². The third kappa shape index (κ3) is 66.7. The Hall–Kier alpha value is -6.01. The molecule has 1 unspecified atom stereocenters. The Bertz CT molecular complexity index is 2030. The molecule has 0 N–H and O–H groups in total. The summed E-state index contributed by atoms with van der Waals surface area (Å²) in [5.41, 5.74) is 0. The quantitative estimate of drug-likeness (QED) is 0.0261. The summed E-state index contributed by atoms with van der Waals surface area (Å²) < 4.78 is 16.9. The van der Waals surface area contributed by atoms with Gasteiger partial charge in [0.15, 0.2) is 6.10 Å². The fourth-order valence-electron chi connectivity index (χ4n) is 8.00. The molecule has 460 valence electrons. The van der Waals surface area contributed by atoms with Crippen molar-refractivity contribution in [3.05, 3.63) is 207 Å². The molecule has 0 saturated heterocycles. The minimum Gasteiger partial charge on any atom is -0.462 e. The molecular weight excluding hydrogens is 1020 g/mol. The van der Waals surface area contributed by atoms with E-state index in [1.165, 1.54) is 0 Å². The predicted molar refractivity (Wildman–Crippen MR) is 361 cm³/mol. The van der Waals surface area contributed by atoms with E-state index in [1.807, 2.05) is 0 Å². The highest BCUT2D eigenvalue weighted by atomic mass is 16.6. The van der Waals surface area contributed by atoms with Crippen molar-refractivity contribution >= 4 is 17.9 Å². The zero-order valence-corrected chi connectivity index (χ0v) is 52.6. The molecular formula is C77H116O6. The number of unbranched alkanes of at least 4 members (excludes halogenated alkanes) is 11. The number of ether oxygens (including phenoxy) is 3. The topological polar surface area (TPSA) is 78.9 Å². The molecule has 0 aliphatic heterocycles. The van der Waals surface area contributed by atoms with E-state index in [0.29, 0.717) is 19.3 Å². The zero-order chi connectivity index (χ0) is 59.9. The summed E-state index contributed by atoms with van der Waals surface area (Å²) >= 11 is 0. The molecule has 1 atom stereocenters. The average molecular weight is 1140 g/mol. The number of hydrogen-bond acceptors (Lipinski definition) is 6. The third-order valence-electron chi connectivity index (χ3n) is 12.8. The van der Waals surface area contributed by atoms with Crippen LogP contribution in [0.25, 0.3) is 0 Å². The van der Waals surface area contributed by atoms with Gasteiger partial charge in [0, 0.05) is 19.3 Å². The molecule has 0 aliphatic carbocycles. The number of carbonyl (C=O) groups excluding carboxylic acids is 3. The molecule has 0 aromatic carbocycles. The van der Waals surface area contributed by atoms with Crippen LogP contribution in [0.4, 0.5) is 0 Å². The van der Waals surface area contributed by atoms with E-state index in [4.69, 9.17) is 14.2 Å². The van der Waals surface area contributed by atoms with E-state index in [0.717, 1.165) is 193 Å². The van der Waals surface area contributed by atoms with Gasteiger partial charge < -0.3 is 14.2 Å². The summed E-state index contributed by atoms with van der Waals surface area (Å²) in [6.45, 7) is 6.21. The van der Waals surface area contributed by atoms with Crippen LogP contribution in [0, 0.1) is 0 Å². The first-order valence-corrected chi connectivity index (χ1v) is 32.6. The van der Waals surface area contributed by atoms with Crippen LogP contribution < -0.4 is 0 Å². The Morgan fingerprint density at radius 1 is 0.241 bits per heavy atom. The number of rotatable bonds is 56. The minimum atomic E-state index is -0.835. The van der Waals surface area contributed by atoms with E-state index in [1.54, 1.807) is 0 Å². The van der Waals surface area contributed by atoms with Gasteiger partial charge in [0.2, 0.25) is 0 Å². The van der Waals surface area contributed by atoms with Gasteiger partial charge in [-0.2, -0.15) is 0 Å². The van der Waals surface area contributed by atoms with Gasteiger partial charge in [0.05, 0.1) is 0 Å². The summed E-state index contributed by atoms with van der Waals surface area (Å²) in [6, 6.07) is 0. The SMILES string of the molecule is CC/C=C\C/C=C\C/C=C\C/C=C\C/C=C\C/C=C\C/C=C\C/C=C\CCCCCCC(=O)OCC(COC(=O)CCCCCCC/C=C\C/C=C\C/C=C\CC)OC(=O)CCCC/C=C\C/C=C\C/C=C\C/C=C\C/C=C\C/C=C\CC. The normalized spacial score (nSPS) is 13.5. The van der Waals surface area contributed by atoms with Gasteiger partial charge in [-0.3, -0.25) is 14.4 Å². The summed E-state index contributed by atoms with van der Waals surface area (Å²) in [5.74, 6) is -1.02. The average Bonchev–Trinajstić information content (AvgIpc) is 3.49. The van der Waals surface area contributed by atoms with E-state index in [9.17, 15) is 14.4 Å². The van der Waals surface area contributed by atoms with Crippen molar-refractivity contribution in [1.82, 2.24) is 0 Å². The lowest BCUT2D eigenvalue weighted by molar-refractivity contribution is -0.167. The number of allylic oxidation sites excluding steroid dienone is 34. The largest absolute Gasteiger partial charge is 0.462 e. The minimum absolute atomic E-state index is 0.125. The lowest BCUT2D eigenvalue weighted by Crippen LogP contribution is -2.30. The summed E-state index contributed by atoms with van der Waals surface area (Å²) in [6.07, 6.45) is 105. The molecule has 0 saturated carbocycles. The monoisotopic (exact) mass is 1140 g/mol. The van der Waals surface area contributed by atoms with E-state index in [2.05, 4.69) is 227 Å². The van der Waals surface area contributed by atoms with E-state index in [-0.39, 0.29) is 37.5 Å². The molecule has 0 aromatic heterocycles. The second-order valence-electron chi connectivity index (χ2n) is 20.5. The smallest absolute Gasteiger partial charge is 0.306 e. The highest BCUT2D eigenvalue weighted by Gasteiger charge is 2.19. The van der Waals surface area contributed by atoms with Gasteiger partial charge in [0.1, 0.15) is 13.2 Å². The molecule has 0 radical (unpaired) electrons. The summed E-state index contributed by atoms with van der Waals surface area (Å²) in [7, 11) is 0. The maximum absolute atomic E-state index is 12.9. The van der Waals surface area contributed by atoms with Crippen molar-refractivity contribution in [2.45, 2.75) is 245 Å². The van der Waals surface area contributed by atoms with Crippen LogP contribution in [0.15, 0.2) is 207 Å². The van der Waals surface area contributed by atoms with Crippen molar-refractivity contribution in [2.24, 2.45) is 0 Å². The Balaban J connectivity index is 4.54. The standard InChI is InChI=1S/C77H116O6/c1-4-7-10-13-16-19-22-25-28-30-32-34-35-36-37-38-39-40-41-43-44-46-49-52-55-58-61-64-67-70-76(79)82-73-74(72-81-75(78)69-66-63-60-57-54-51-48-27-24-21-18-15-12-9-6-3)83-77(80)71-68-65-62-59-56-53-50-47-45-42-33-31-29-26-23-20-17-14-11-8-5-2/h7-12,16-21,25-29,32-34,36-37,39-40,42-44,47-50,52,56,59,74H,4-6,13-15,22-24,30-31,35,38,41,45-46,51,53-55,57-58,60-73H2,1-3H3/b10-7-,11-8-,12-9-,19-16-,20-17-,21-18-,28-25-,29-26-,34-32-,37-36-,40-39-,42-33-,44-43-,48-27-,50-47-,52-49-,59-56-. The lowest BCUT2D eigenvalue weighted by atomic mass is 10.1. The van der Waals surface area contributed by atoms with Crippen molar-refractivity contribution in [1.29, 1.82) is 0 Å². The van der Waals surface area contributed by atoms with Gasteiger partial charge in [0.25, 0.3) is 0 Å². The van der Waals surface area contributed by atoms with Crippen LogP contribution in [0.1, 0.15) is 239 Å². The number of esters is 3. The summed E-state index contributed by atoms with van der Waals surface area (Å²) in [4.78, 5) is 38.4. The van der Waals surface area contributed by atoms with E-state index >= 15 is 0 Å². The molecule has 6 heteroatoms. The van der Waals surface area contributed by atoms with Gasteiger partial charge in [-0.25, -0.2) is 0 Å². The fraction of sp³-hybridized carbons (Fsp3) is 0.519. The predicted octanol–water partition coefficient (Wildman–Crippen LogP) is 22.8. The van der Waals surface area contributed by atoms with Crippen molar-refractivity contribution in [3.63, 3.8) is 0 Å². The lowest BCUT2D eigenvalue weighted by Gasteiger charge is -2.18. The van der Waals surface area contributed by atoms with Crippen LogP contribution in [0.5, 0.6) is 0 Å². The second kappa shape index (κ2) is 68.5. The molecule has 0 aromatic rings. The van der Waals surface area contributed by atoms with Gasteiger partial charge in [-0.05, 0) is 167 Å². The van der Waals surface area contributed by atoms with Gasteiger partial charge in [-0.15, -0.1) is 0 Å². The first-order valence-electron chi connectivity index (χ1n) is 32.6. The maximum Gasteiger partial charge on any atom is 0.306 e. The zero-order valence-electron chi connectivity index (χ0n) is 52.6. The van der Waals surface area contributed by atoms with Crippen LogP contribution in [0.3, 0.4) is 0 Å². The molecule has 0 bridgehead atoms. The second-order valence-corrected chi connectivity index (χ2v) is 20.5. The van der Waals surface area contributed by atoms with Crippen LogP contribution in [-0.2, 0) is 28.6 Å². The first-order chi connectivity index (χ1) is 41.0. The first kappa shape index (κ1) is 77.0. The van der Waals surface area contributed by atoms with Crippen molar-refractivity contribution in [2.75, 3.05) is 13.2 Å². The molecule has 0 heterocycles. The Labute approximate surface area is 509 Å². The molecule has 0 rings (SSSR count). The number of carbonyl (C=O) groups is 3. The van der Waals surface area contributed by atoms with Crippen LogP contribution >= 0.6 is 0 Å². The van der Waals surface area contributed by atoms with Gasteiger partial charge >= 0.3 is 17.9 Å². The van der Waals surface area contributed by atoms with Crippen molar-refractivity contribution < 1.29 is 28.6 Å². The van der Waals surface area contributed by atoms with Crippen LogP contribution in [-0.4, -0.2) is 37.2 Å². The highest BCUT2D eigenvalue weighted by molar-refractivity contribution is 5.71. The molecule has 0 fully saturated rings. The molecule has 0 amide bonds. The van der Waals surface area contributed by atoms with Crippen molar-refractivity contribution in [3.8, 4) is 0 Å². The Morgan fingerprint density at radius 2 is 0.434 bits per heavy atom.